The van der Waals surface area contributed by atoms with Gasteiger partial charge in [-0.25, -0.2) is 4.98 Å². The standard InChI is InChI=1S/C11H13N5O3/c12-11-14-9-8(10(18)15-11)13-5-16(9)6-1-2-7(3-17)19-4-6/h1-2,5-7,17H,3-4H2,(H3,12,14,15,18)/t6-,7-/m0/s1. The Bertz CT molecular complexity index is 689. The maximum absolute atomic E-state index is 11.7. The minimum absolute atomic E-state index is 0.0493. The van der Waals surface area contributed by atoms with Gasteiger partial charge in [-0.1, -0.05) is 12.2 Å². The fourth-order valence-electron chi connectivity index (χ4n) is 2.06. The summed E-state index contributed by atoms with van der Waals surface area (Å²) in [5.74, 6) is 0.0493. The van der Waals surface area contributed by atoms with Crippen molar-refractivity contribution >= 4 is 17.1 Å². The second-order valence-electron chi connectivity index (χ2n) is 4.28. The van der Waals surface area contributed by atoms with Crippen LogP contribution in [0.3, 0.4) is 0 Å². The van der Waals surface area contributed by atoms with Gasteiger partial charge in [-0.05, 0) is 0 Å². The third-order valence-electron chi connectivity index (χ3n) is 3.02. The first-order valence-electron chi connectivity index (χ1n) is 5.82. The van der Waals surface area contributed by atoms with Crippen LogP contribution >= 0.6 is 0 Å². The number of aliphatic hydroxyl groups excluding tert-OH is 1. The highest BCUT2D eigenvalue weighted by Gasteiger charge is 2.20. The number of rotatable bonds is 2. The number of ether oxygens (including phenoxy) is 1. The lowest BCUT2D eigenvalue weighted by atomic mass is 10.2. The number of nitrogen functional groups attached to an aromatic ring is 1. The summed E-state index contributed by atoms with van der Waals surface area (Å²) in [5.41, 5.74) is 5.83. The summed E-state index contributed by atoms with van der Waals surface area (Å²) in [5, 5.41) is 8.98. The van der Waals surface area contributed by atoms with E-state index >= 15 is 0 Å². The number of anilines is 1. The van der Waals surface area contributed by atoms with Gasteiger partial charge in [-0.3, -0.25) is 9.78 Å². The summed E-state index contributed by atoms with van der Waals surface area (Å²) in [6, 6.07) is -0.124. The normalized spacial score (nSPS) is 23.0. The molecule has 1 aliphatic rings. The molecule has 1 aliphatic heterocycles. The van der Waals surface area contributed by atoms with E-state index in [1.165, 1.54) is 6.33 Å². The van der Waals surface area contributed by atoms with Crippen LogP contribution in [0.4, 0.5) is 5.95 Å². The van der Waals surface area contributed by atoms with Gasteiger partial charge in [0.1, 0.15) is 0 Å². The molecule has 8 heteroatoms. The molecule has 100 valence electrons. The smallest absolute Gasteiger partial charge is 0.280 e. The van der Waals surface area contributed by atoms with Crippen molar-refractivity contribution in [2.24, 2.45) is 0 Å². The number of nitrogens with zero attached hydrogens (tertiary/aromatic N) is 3. The number of aromatic amines is 1. The monoisotopic (exact) mass is 263 g/mol. The third-order valence-corrected chi connectivity index (χ3v) is 3.02. The average molecular weight is 263 g/mol. The Hall–Kier alpha value is -2.19. The number of hydrogen-bond donors (Lipinski definition) is 3. The van der Waals surface area contributed by atoms with E-state index in [1.54, 1.807) is 10.6 Å². The summed E-state index contributed by atoms with van der Waals surface area (Å²) >= 11 is 0. The van der Waals surface area contributed by atoms with E-state index in [0.29, 0.717) is 12.3 Å². The van der Waals surface area contributed by atoms with Crippen molar-refractivity contribution in [2.75, 3.05) is 18.9 Å². The number of nitrogens with one attached hydrogen (secondary N) is 1. The van der Waals surface area contributed by atoms with Crippen LogP contribution in [0.15, 0.2) is 23.3 Å². The maximum Gasteiger partial charge on any atom is 0.280 e. The zero-order chi connectivity index (χ0) is 13.4. The van der Waals surface area contributed by atoms with Crippen molar-refractivity contribution in [3.63, 3.8) is 0 Å². The van der Waals surface area contributed by atoms with Crippen molar-refractivity contribution in [1.82, 2.24) is 19.5 Å². The first-order chi connectivity index (χ1) is 9.19. The van der Waals surface area contributed by atoms with E-state index < -0.39 is 0 Å². The van der Waals surface area contributed by atoms with E-state index in [2.05, 4.69) is 15.0 Å². The Labute approximate surface area is 107 Å². The van der Waals surface area contributed by atoms with Gasteiger partial charge in [-0.15, -0.1) is 0 Å². The van der Waals surface area contributed by atoms with Gasteiger partial charge in [0, 0.05) is 0 Å². The lowest BCUT2D eigenvalue weighted by Crippen LogP contribution is -2.25. The number of aliphatic hydroxyl groups is 1. The molecule has 3 heterocycles. The largest absolute Gasteiger partial charge is 0.393 e. The minimum Gasteiger partial charge on any atom is -0.393 e. The van der Waals surface area contributed by atoms with Crippen molar-refractivity contribution in [2.45, 2.75) is 12.1 Å². The number of fused-ring (bicyclic) bond motifs is 1. The molecule has 8 nitrogen and oxygen atoms in total. The first-order valence-corrected chi connectivity index (χ1v) is 5.82. The summed E-state index contributed by atoms with van der Waals surface area (Å²) in [4.78, 5) is 22.2. The van der Waals surface area contributed by atoms with Crippen LogP contribution in [0.2, 0.25) is 0 Å². The molecule has 0 unspecified atom stereocenters. The van der Waals surface area contributed by atoms with Crippen molar-refractivity contribution in [3.8, 4) is 0 Å². The van der Waals surface area contributed by atoms with E-state index in [0.717, 1.165) is 0 Å². The average Bonchev–Trinajstić information content (AvgIpc) is 2.83. The molecule has 19 heavy (non-hydrogen) atoms. The van der Waals surface area contributed by atoms with Crippen molar-refractivity contribution in [1.29, 1.82) is 0 Å². The molecule has 0 spiro atoms. The maximum atomic E-state index is 11.7. The Morgan fingerprint density at radius 3 is 3.11 bits per heavy atom. The van der Waals surface area contributed by atoms with Crippen LogP contribution < -0.4 is 11.3 Å². The number of H-pyrrole nitrogens is 1. The summed E-state index contributed by atoms with van der Waals surface area (Å²) < 4.78 is 7.17. The highest BCUT2D eigenvalue weighted by molar-refractivity contribution is 5.70. The van der Waals surface area contributed by atoms with Gasteiger partial charge in [0.15, 0.2) is 11.2 Å². The van der Waals surface area contributed by atoms with Crippen molar-refractivity contribution in [3.05, 3.63) is 28.8 Å². The Balaban J connectivity index is 2.05. The van der Waals surface area contributed by atoms with Crippen LogP contribution in [-0.4, -0.2) is 43.9 Å². The van der Waals surface area contributed by atoms with Crippen LogP contribution in [-0.2, 0) is 4.74 Å². The van der Waals surface area contributed by atoms with E-state index in [9.17, 15) is 4.79 Å². The van der Waals surface area contributed by atoms with Gasteiger partial charge in [0.2, 0.25) is 5.95 Å². The lowest BCUT2D eigenvalue weighted by molar-refractivity contribution is 0.0229. The number of nitrogens with two attached hydrogens (primary N) is 1. The molecule has 2 aromatic rings. The zero-order valence-electron chi connectivity index (χ0n) is 9.98. The van der Waals surface area contributed by atoms with Crippen molar-refractivity contribution < 1.29 is 9.84 Å². The first kappa shape index (κ1) is 11.9. The molecule has 0 fully saturated rings. The quantitative estimate of drug-likeness (QED) is 0.610. The molecular weight excluding hydrogens is 250 g/mol. The molecule has 0 aromatic carbocycles. The summed E-state index contributed by atoms with van der Waals surface area (Å²) in [6.45, 7) is 0.320. The molecule has 0 amide bonds. The molecular formula is C11H13N5O3. The van der Waals surface area contributed by atoms with E-state index in [4.69, 9.17) is 15.6 Å². The van der Waals surface area contributed by atoms with Gasteiger partial charge >= 0.3 is 0 Å². The van der Waals surface area contributed by atoms with Gasteiger partial charge in [0.05, 0.1) is 31.7 Å². The number of hydrogen-bond acceptors (Lipinski definition) is 6. The fraction of sp³-hybridized carbons (Fsp3) is 0.364. The number of imidazole rings is 1. The summed E-state index contributed by atoms with van der Waals surface area (Å²) in [7, 11) is 0. The molecule has 2 aromatic heterocycles. The topological polar surface area (TPSA) is 119 Å². The second-order valence-corrected chi connectivity index (χ2v) is 4.28. The Morgan fingerprint density at radius 1 is 1.58 bits per heavy atom. The highest BCUT2D eigenvalue weighted by atomic mass is 16.5. The van der Waals surface area contributed by atoms with Crippen LogP contribution in [0.25, 0.3) is 11.2 Å². The molecule has 3 rings (SSSR count). The van der Waals surface area contributed by atoms with Gasteiger partial charge in [0.25, 0.3) is 5.56 Å². The van der Waals surface area contributed by atoms with Gasteiger partial charge < -0.3 is 20.1 Å². The fourth-order valence-corrected chi connectivity index (χ4v) is 2.06. The highest BCUT2D eigenvalue weighted by Crippen LogP contribution is 2.20. The second kappa shape index (κ2) is 4.48. The Morgan fingerprint density at radius 2 is 2.42 bits per heavy atom. The van der Waals surface area contributed by atoms with E-state index in [-0.39, 0.29) is 35.8 Å². The predicted octanol–water partition coefficient (Wildman–Crippen LogP) is -0.810. The third kappa shape index (κ3) is 2.00. The minimum atomic E-state index is -0.366. The summed E-state index contributed by atoms with van der Waals surface area (Å²) in [6.07, 6.45) is 4.91. The molecule has 2 atom stereocenters. The SMILES string of the molecule is Nc1nc2c(ncn2[C@H]2C=C[C@@H](CO)OC2)c(=O)[nH]1. The number of aromatic nitrogens is 4. The molecule has 0 saturated heterocycles. The predicted molar refractivity (Wildman–Crippen MR) is 67.6 cm³/mol. The lowest BCUT2D eigenvalue weighted by Gasteiger charge is -2.23. The van der Waals surface area contributed by atoms with Crippen LogP contribution in [0.5, 0.6) is 0 Å². The van der Waals surface area contributed by atoms with Crippen LogP contribution in [0, 0.1) is 0 Å². The molecule has 0 saturated carbocycles. The van der Waals surface area contributed by atoms with Gasteiger partial charge in [-0.2, -0.15) is 4.98 Å². The molecule has 0 bridgehead atoms. The van der Waals surface area contributed by atoms with E-state index in [1.807, 2.05) is 6.08 Å². The molecule has 4 N–H and O–H groups in total. The molecule has 0 radical (unpaired) electrons. The zero-order valence-corrected chi connectivity index (χ0v) is 9.98. The molecule has 0 aliphatic carbocycles. The Kier molecular flexibility index (Phi) is 2.80. The van der Waals surface area contributed by atoms with Crippen LogP contribution in [0.1, 0.15) is 6.04 Å².